The molecule has 29 heavy (non-hydrogen) atoms. The Bertz CT molecular complexity index is 1070. The summed E-state index contributed by atoms with van der Waals surface area (Å²) in [5.74, 6) is 1.53. The van der Waals surface area contributed by atoms with Crippen LogP contribution in [0.15, 0.2) is 42.5 Å². The van der Waals surface area contributed by atoms with Crippen molar-refractivity contribution in [3.63, 3.8) is 0 Å². The fraction of sp³-hybridized carbons (Fsp3) is 0.333. The van der Waals surface area contributed by atoms with E-state index in [9.17, 15) is 4.79 Å². The van der Waals surface area contributed by atoms with Gasteiger partial charge in [-0.2, -0.15) is 0 Å². The summed E-state index contributed by atoms with van der Waals surface area (Å²) in [5.41, 5.74) is 4.43. The third kappa shape index (κ3) is 3.90. The second kappa shape index (κ2) is 7.74. The summed E-state index contributed by atoms with van der Waals surface area (Å²) >= 11 is 0. The standard InChI is InChI=1S/C24H26N2O3/c1-15-5-9-22-17(11-15)13-21(16(2)25-22)24(27)26(19-6-7-19)14-18-12-20(28-3)8-10-23(18)29-4/h5,8-13,19H,6-7,14H2,1-4H3. The molecular formula is C24H26N2O3. The monoisotopic (exact) mass is 390 g/mol. The maximum absolute atomic E-state index is 13.5. The minimum Gasteiger partial charge on any atom is -0.497 e. The minimum atomic E-state index is 0.0192. The largest absolute Gasteiger partial charge is 0.497 e. The highest BCUT2D eigenvalue weighted by Gasteiger charge is 2.34. The molecule has 1 fully saturated rings. The van der Waals surface area contributed by atoms with Gasteiger partial charge < -0.3 is 14.4 Å². The Balaban J connectivity index is 1.70. The van der Waals surface area contributed by atoms with Crippen molar-refractivity contribution in [3.05, 3.63) is 64.8 Å². The molecule has 1 aromatic heterocycles. The highest BCUT2D eigenvalue weighted by atomic mass is 16.5. The zero-order chi connectivity index (χ0) is 20.5. The average molecular weight is 390 g/mol. The van der Waals surface area contributed by atoms with Gasteiger partial charge in [0.25, 0.3) is 5.91 Å². The summed E-state index contributed by atoms with van der Waals surface area (Å²) < 4.78 is 10.9. The average Bonchev–Trinajstić information content (AvgIpc) is 3.56. The van der Waals surface area contributed by atoms with E-state index < -0.39 is 0 Å². The molecule has 2 aromatic carbocycles. The van der Waals surface area contributed by atoms with Crippen LogP contribution < -0.4 is 9.47 Å². The van der Waals surface area contributed by atoms with Crippen LogP contribution in [0.4, 0.5) is 0 Å². The Hall–Kier alpha value is -3.08. The van der Waals surface area contributed by atoms with Crippen molar-refractivity contribution in [2.45, 2.75) is 39.3 Å². The molecule has 1 amide bonds. The molecule has 150 valence electrons. The lowest BCUT2D eigenvalue weighted by molar-refractivity contribution is 0.0727. The van der Waals surface area contributed by atoms with Crippen LogP contribution in [0.3, 0.4) is 0 Å². The summed E-state index contributed by atoms with van der Waals surface area (Å²) in [6, 6.07) is 14.0. The summed E-state index contributed by atoms with van der Waals surface area (Å²) in [5, 5.41) is 0.994. The summed E-state index contributed by atoms with van der Waals surface area (Å²) in [6.45, 7) is 4.44. The van der Waals surface area contributed by atoms with Crippen molar-refractivity contribution in [3.8, 4) is 11.5 Å². The van der Waals surface area contributed by atoms with Crippen LogP contribution in [-0.4, -0.2) is 36.1 Å². The van der Waals surface area contributed by atoms with Crippen LogP contribution in [0.5, 0.6) is 11.5 Å². The topological polar surface area (TPSA) is 51.7 Å². The number of amides is 1. The smallest absolute Gasteiger partial charge is 0.256 e. The number of benzene rings is 2. The van der Waals surface area contributed by atoms with Gasteiger partial charge >= 0.3 is 0 Å². The quantitative estimate of drug-likeness (QED) is 0.614. The minimum absolute atomic E-state index is 0.0192. The van der Waals surface area contributed by atoms with Crippen LogP contribution in [-0.2, 0) is 6.54 Å². The van der Waals surface area contributed by atoms with E-state index in [1.807, 2.05) is 55.1 Å². The van der Waals surface area contributed by atoms with Crippen LogP contribution in [0, 0.1) is 13.8 Å². The number of pyridine rings is 1. The van der Waals surface area contributed by atoms with Crippen molar-refractivity contribution in [2.75, 3.05) is 14.2 Å². The number of carbonyl (C=O) groups is 1. The Morgan fingerprint density at radius 3 is 2.55 bits per heavy atom. The summed E-state index contributed by atoms with van der Waals surface area (Å²) in [4.78, 5) is 20.2. The van der Waals surface area contributed by atoms with E-state index in [2.05, 4.69) is 11.1 Å². The van der Waals surface area contributed by atoms with Gasteiger partial charge in [0.2, 0.25) is 0 Å². The van der Waals surface area contributed by atoms with Gasteiger partial charge in [0.1, 0.15) is 11.5 Å². The first-order valence-corrected chi connectivity index (χ1v) is 9.90. The summed E-state index contributed by atoms with van der Waals surface area (Å²) in [7, 11) is 3.29. The van der Waals surface area contributed by atoms with Gasteiger partial charge in [-0.25, -0.2) is 0 Å². The molecule has 5 nitrogen and oxygen atoms in total. The SMILES string of the molecule is COc1ccc(OC)c(CN(C(=O)c2cc3cc(C)ccc3nc2C)C2CC2)c1. The predicted molar refractivity (Wildman–Crippen MR) is 114 cm³/mol. The number of hydrogen-bond acceptors (Lipinski definition) is 4. The molecule has 0 radical (unpaired) electrons. The number of carbonyl (C=O) groups excluding carboxylic acids is 1. The van der Waals surface area contributed by atoms with Gasteiger partial charge in [0.15, 0.2) is 0 Å². The fourth-order valence-corrected chi connectivity index (χ4v) is 3.71. The lowest BCUT2D eigenvalue weighted by atomic mass is 10.1. The van der Waals surface area contributed by atoms with Crippen molar-refractivity contribution >= 4 is 16.8 Å². The van der Waals surface area contributed by atoms with E-state index in [1.165, 1.54) is 0 Å². The highest BCUT2D eigenvalue weighted by molar-refractivity contribution is 5.99. The van der Waals surface area contributed by atoms with E-state index in [4.69, 9.17) is 9.47 Å². The van der Waals surface area contributed by atoms with Crippen LogP contribution in [0.1, 0.15) is 40.0 Å². The van der Waals surface area contributed by atoms with Gasteiger partial charge in [-0.3, -0.25) is 9.78 Å². The van der Waals surface area contributed by atoms with E-state index in [-0.39, 0.29) is 11.9 Å². The Morgan fingerprint density at radius 1 is 1.07 bits per heavy atom. The fourth-order valence-electron chi connectivity index (χ4n) is 3.71. The number of ether oxygens (including phenoxy) is 2. The van der Waals surface area contributed by atoms with Gasteiger partial charge in [0.05, 0.1) is 37.5 Å². The molecule has 0 atom stereocenters. The van der Waals surface area contributed by atoms with Gasteiger partial charge in [-0.15, -0.1) is 0 Å². The molecule has 1 saturated carbocycles. The van der Waals surface area contributed by atoms with Gasteiger partial charge in [-0.1, -0.05) is 11.6 Å². The van der Waals surface area contributed by atoms with Crippen LogP contribution >= 0.6 is 0 Å². The molecule has 0 unspecified atom stereocenters. The van der Waals surface area contributed by atoms with Crippen molar-refractivity contribution in [2.24, 2.45) is 0 Å². The van der Waals surface area contributed by atoms with Crippen molar-refractivity contribution in [1.82, 2.24) is 9.88 Å². The number of methoxy groups -OCH3 is 2. The number of hydrogen-bond donors (Lipinski definition) is 0. The zero-order valence-corrected chi connectivity index (χ0v) is 17.4. The van der Waals surface area contributed by atoms with E-state index in [0.29, 0.717) is 12.1 Å². The molecule has 0 bridgehead atoms. The molecular weight excluding hydrogens is 364 g/mol. The van der Waals surface area contributed by atoms with Gasteiger partial charge in [0, 0.05) is 17.0 Å². The van der Waals surface area contributed by atoms with E-state index in [0.717, 1.165) is 52.1 Å². The lowest BCUT2D eigenvalue weighted by Gasteiger charge is -2.24. The van der Waals surface area contributed by atoms with E-state index >= 15 is 0 Å². The molecule has 0 aliphatic heterocycles. The lowest BCUT2D eigenvalue weighted by Crippen LogP contribution is -2.33. The Morgan fingerprint density at radius 2 is 1.86 bits per heavy atom. The van der Waals surface area contributed by atoms with Crippen LogP contribution in [0.25, 0.3) is 10.9 Å². The molecule has 1 aliphatic rings. The molecule has 0 N–H and O–H groups in total. The number of rotatable bonds is 6. The molecule has 5 heteroatoms. The normalized spacial score (nSPS) is 13.4. The second-order valence-electron chi connectivity index (χ2n) is 7.66. The van der Waals surface area contributed by atoms with Crippen molar-refractivity contribution < 1.29 is 14.3 Å². The number of aryl methyl sites for hydroxylation is 2. The molecule has 1 heterocycles. The van der Waals surface area contributed by atoms with Gasteiger partial charge in [-0.05, 0) is 63.1 Å². The maximum Gasteiger partial charge on any atom is 0.256 e. The third-order valence-corrected chi connectivity index (χ3v) is 5.47. The third-order valence-electron chi connectivity index (χ3n) is 5.47. The Labute approximate surface area is 171 Å². The number of fused-ring (bicyclic) bond motifs is 1. The molecule has 3 aromatic rings. The second-order valence-corrected chi connectivity index (χ2v) is 7.66. The Kier molecular flexibility index (Phi) is 5.14. The predicted octanol–water partition coefficient (Wildman–Crippen LogP) is 4.67. The zero-order valence-electron chi connectivity index (χ0n) is 17.4. The van der Waals surface area contributed by atoms with E-state index in [1.54, 1.807) is 14.2 Å². The number of aromatic nitrogens is 1. The maximum atomic E-state index is 13.5. The summed E-state index contributed by atoms with van der Waals surface area (Å²) in [6.07, 6.45) is 2.05. The number of nitrogens with zero attached hydrogens (tertiary/aromatic N) is 2. The first kappa shape index (κ1) is 19.2. The molecule has 1 aliphatic carbocycles. The van der Waals surface area contributed by atoms with Crippen molar-refractivity contribution in [1.29, 1.82) is 0 Å². The highest BCUT2D eigenvalue weighted by Crippen LogP contribution is 2.33. The molecule has 4 rings (SSSR count). The first-order chi connectivity index (χ1) is 14.0. The van der Waals surface area contributed by atoms with Crippen LogP contribution in [0.2, 0.25) is 0 Å². The molecule has 0 saturated heterocycles. The molecule has 0 spiro atoms. The first-order valence-electron chi connectivity index (χ1n) is 9.90.